The summed E-state index contributed by atoms with van der Waals surface area (Å²) in [6.45, 7) is 4.40. The van der Waals surface area contributed by atoms with Crippen LogP contribution in [-0.4, -0.2) is 65.9 Å². The number of aliphatic hydroxyl groups is 1. The van der Waals surface area contributed by atoms with Gasteiger partial charge in [0.1, 0.15) is 0 Å². The van der Waals surface area contributed by atoms with Gasteiger partial charge in [0.05, 0.1) is 11.5 Å². The zero-order valence-corrected chi connectivity index (χ0v) is 18.0. The molecule has 0 radical (unpaired) electrons. The van der Waals surface area contributed by atoms with Crippen molar-refractivity contribution in [1.82, 2.24) is 4.90 Å². The van der Waals surface area contributed by atoms with E-state index in [0.717, 1.165) is 75.8 Å². The fourth-order valence-electron chi connectivity index (χ4n) is 5.61. The third-order valence-electron chi connectivity index (χ3n) is 7.42. The van der Waals surface area contributed by atoms with Crippen LogP contribution in [0.15, 0.2) is 18.2 Å². The molecule has 1 atom stereocenters. The summed E-state index contributed by atoms with van der Waals surface area (Å²) in [5.41, 5.74) is 2.34. The number of piperidine rings is 1. The molecule has 1 spiro atoms. The first kappa shape index (κ1) is 21.0. The van der Waals surface area contributed by atoms with E-state index in [0.29, 0.717) is 11.6 Å². The van der Waals surface area contributed by atoms with Crippen molar-refractivity contribution in [3.8, 4) is 0 Å². The molecular weight excluding hydrogens is 382 g/mol. The average molecular weight is 416 g/mol. The largest absolute Gasteiger partial charge is 0.465 e. The van der Waals surface area contributed by atoms with Crippen molar-refractivity contribution < 1.29 is 19.8 Å². The zero-order valence-electron chi connectivity index (χ0n) is 18.0. The molecule has 30 heavy (non-hydrogen) atoms. The van der Waals surface area contributed by atoms with Gasteiger partial charge in [0.2, 0.25) is 5.91 Å². The van der Waals surface area contributed by atoms with Crippen LogP contribution in [0.1, 0.15) is 50.5 Å². The number of aliphatic hydroxyl groups excluding tert-OH is 1. The second-order valence-corrected chi connectivity index (χ2v) is 9.33. The fraction of sp³-hybridized carbons (Fsp3) is 0.652. The van der Waals surface area contributed by atoms with Crippen molar-refractivity contribution in [3.63, 3.8) is 0 Å². The minimum atomic E-state index is -0.977. The molecule has 7 heteroatoms. The number of carboxylic acid groups (broad SMARTS) is 1. The van der Waals surface area contributed by atoms with E-state index in [4.69, 9.17) is 0 Å². The van der Waals surface area contributed by atoms with Gasteiger partial charge in [-0.05, 0) is 75.6 Å². The van der Waals surface area contributed by atoms with Gasteiger partial charge >= 0.3 is 6.09 Å². The Balaban J connectivity index is 1.49. The number of benzene rings is 1. The second kappa shape index (κ2) is 8.10. The zero-order chi connectivity index (χ0) is 21.5. The van der Waals surface area contributed by atoms with Gasteiger partial charge in [-0.25, -0.2) is 4.79 Å². The smallest absolute Gasteiger partial charge is 0.411 e. The van der Waals surface area contributed by atoms with Crippen molar-refractivity contribution in [2.75, 3.05) is 36.5 Å². The van der Waals surface area contributed by atoms with Crippen LogP contribution in [-0.2, 0) is 4.79 Å². The summed E-state index contributed by atoms with van der Waals surface area (Å²) in [6, 6.07) is 6.15. The molecule has 1 aliphatic carbocycles. The van der Waals surface area contributed by atoms with E-state index in [2.05, 4.69) is 9.80 Å². The van der Waals surface area contributed by atoms with Crippen LogP contribution in [0, 0.1) is 12.3 Å². The number of hydrogen-bond acceptors (Lipinski definition) is 4. The van der Waals surface area contributed by atoms with Crippen molar-refractivity contribution in [3.05, 3.63) is 23.8 Å². The molecule has 1 aromatic rings. The molecule has 1 aromatic carbocycles. The molecule has 2 heterocycles. The number of nitrogens with zero attached hydrogens (tertiary/aromatic N) is 3. The molecule has 0 aromatic heterocycles. The van der Waals surface area contributed by atoms with Gasteiger partial charge in [-0.2, -0.15) is 0 Å². The lowest BCUT2D eigenvalue weighted by Gasteiger charge is -2.41. The molecule has 1 saturated carbocycles. The van der Waals surface area contributed by atoms with E-state index >= 15 is 0 Å². The predicted octanol–water partition coefficient (Wildman–Crippen LogP) is 3.23. The number of carbonyl (C=O) groups excluding carboxylic acids is 1. The van der Waals surface area contributed by atoms with E-state index in [9.17, 15) is 19.8 Å². The maximum atomic E-state index is 13.5. The summed E-state index contributed by atoms with van der Waals surface area (Å²) in [5, 5.41) is 19.1. The molecular formula is C23H33N3O4. The molecule has 2 amide bonds. The highest BCUT2D eigenvalue weighted by Gasteiger charge is 2.50. The van der Waals surface area contributed by atoms with Gasteiger partial charge in [-0.3, -0.25) is 9.69 Å². The van der Waals surface area contributed by atoms with Gasteiger partial charge in [0, 0.05) is 44.1 Å². The molecule has 7 nitrogen and oxygen atoms in total. The summed E-state index contributed by atoms with van der Waals surface area (Å²) in [6.07, 6.45) is 5.05. The molecule has 0 unspecified atom stereocenters. The predicted molar refractivity (Wildman–Crippen MR) is 116 cm³/mol. The molecule has 3 aliphatic rings. The number of hydrogen-bond donors (Lipinski definition) is 2. The number of carbonyl (C=O) groups is 2. The summed E-state index contributed by atoms with van der Waals surface area (Å²) in [4.78, 5) is 30.4. The molecule has 4 rings (SSSR count). The Morgan fingerprint density at radius 3 is 2.57 bits per heavy atom. The normalized spacial score (nSPS) is 29.5. The van der Waals surface area contributed by atoms with Gasteiger partial charge in [0.15, 0.2) is 0 Å². The minimum absolute atomic E-state index is 0.204. The van der Waals surface area contributed by atoms with Crippen LogP contribution in [0.4, 0.5) is 16.2 Å². The Morgan fingerprint density at radius 2 is 1.90 bits per heavy atom. The lowest BCUT2D eigenvalue weighted by Crippen LogP contribution is -2.50. The van der Waals surface area contributed by atoms with Crippen molar-refractivity contribution in [2.24, 2.45) is 5.41 Å². The number of anilines is 2. The van der Waals surface area contributed by atoms with E-state index < -0.39 is 6.09 Å². The highest BCUT2D eigenvalue weighted by atomic mass is 16.4. The fourth-order valence-corrected chi connectivity index (χ4v) is 5.61. The first-order chi connectivity index (χ1) is 14.3. The molecule has 2 aliphatic heterocycles. The number of rotatable bonds is 3. The van der Waals surface area contributed by atoms with Crippen molar-refractivity contribution >= 4 is 23.4 Å². The quantitative estimate of drug-likeness (QED) is 0.792. The summed E-state index contributed by atoms with van der Waals surface area (Å²) >= 11 is 0. The number of aryl methyl sites for hydroxylation is 1. The van der Waals surface area contributed by atoms with Crippen LogP contribution in [0.5, 0.6) is 0 Å². The van der Waals surface area contributed by atoms with E-state index in [1.54, 1.807) is 7.05 Å². The number of amides is 2. The number of likely N-dealkylation sites (tertiary alicyclic amines) is 1. The summed E-state index contributed by atoms with van der Waals surface area (Å²) in [7, 11) is 1.55. The van der Waals surface area contributed by atoms with Crippen LogP contribution in [0.25, 0.3) is 0 Å². The minimum Gasteiger partial charge on any atom is -0.465 e. The first-order valence-corrected chi connectivity index (χ1v) is 11.1. The van der Waals surface area contributed by atoms with E-state index in [-0.39, 0.29) is 17.6 Å². The molecule has 2 saturated heterocycles. The highest BCUT2D eigenvalue weighted by molar-refractivity contribution is 5.87. The first-order valence-electron chi connectivity index (χ1n) is 11.1. The van der Waals surface area contributed by atoms with Crippen LogP contribution >= 0.6 is 0 Å². The van der Waals surface area contributed by atoms with E-state index in [1.165, 1.54) is 4.90 Å². The average Bonchev–Trinajstić information content (AvgIpc) is 3.03. The van der Waals surface area contributed by atoms with Crippen LogP contribution in [0.2, 0.25) is 0 Å². The van der Waals surface area contributed by atoms with Gasteiger partial charge in [-0.15, -0.1) is 0 Å². The maximum absolute atomic E-state index is 13.5. The monoisotopic (exact) mass is 415 g/mol. The molecule has 2 N–H and O–H groups in total. The second-order valence-electron chi connectivity index (χ2n) is 9.33. The SMILES string of the molecule is Cc1cc(N2CCC[C@]3(CCN([C@H]4CC[C@H](O)CC4)C3=O)C2)ccc1N(C)C(=O)O. The Kier molecular flexibility index (Phi) is 5.66. The van der Waals surface area contributed by atoms with Crippen LogP contribution in [0.3, 0.4) is 0 Å². The van der Waals surface area contributed by atoms with Crippen molar-refractivity contribution in [1.29, 1.82) is 0 Å². The van der Waals surface area contributed by atoms with Gasteiger partial charge in [-0.1, -0.05) is 0 Å². The lowest BCUT2D eigenvalue weighted by molar-refractivity contribution is -0.139. The molecule has 0 bridgehead atoms. The van der Waals surface area contributed by atoms with Gasteiger partial charge in [0.25, 0.3) is 0 Å². The van der Waals surface area contributed by atoms with Gasteiger partial charge < -0.3 is 20.0 Å². The molecule has 164 valence electrons. The molecule has 3 fully saturated rings. The van der Waals surface area contributed by atoms with Crippen molar-refractivity contribution in [2.45, 2.75) is 64.0 Å². The maximum Gasteiger partial charge on any atom is 0.411 e. The van der Waals surface area contributed by atoms with E-state index in [1.807, 2.05) is 25.1 Å². The van der Waals surface area contributed by atoms with Crippen LogP contribution < -0.4 is 9.80 Å². The third kappa shape index (κ3) is 3.75. The Morgan fingerprint density at radius 1 is 1.17 bits per heavy atom. The highest BCUT2D eigenvalue weighted by Crippen LogP contribution is 2.43. The Bertz CT molecular complexity index is 821. The summed E-state index contributed by atoms with van der Waals surface area (Å²) in [5.74, 6) is 0.299. The lowest BCUT2D eigenvalue weighted by atomic mass is 9.78. The topological polar surface area (TPSA) is 84.3 Å². The third-order valence-corrected chi connectivity index (χ3v) is 7.42. The summed E-state index contributed by atoms with van der Waals surface area (Å²) < 4.78 is 0. The standard InChI is InChI=1S/C23H33N3O4/c1-16-14-18(6-9-20(16)24(2)22(29)30)25-12-3-10-23(15-25)11-13-26(21(23)28)17-4-7-19(27)8-5-17/h6,9,14,17,19,27H,3-5,7-8,10-13,15H2,1-2H3,(H,29,30)/t17-,19-,23-/m0/s1. The Hall–Kier alpha value is -2.28. The Labute approximate surface area is 178 Å².